The Labute approximate surface area is 179 Å². The molecule has 156 valence electrons. The Balaban J connectivity index is 0.00000364. The predicted octanol–water partition coefficient (Wildman–Crippen LogP) is 0.619. The van der Waals surface area contributed by atoms with Gasteiger partial charge in [-0.15, -0.1) is 24.0 Å². The van der Waals surface area contributed by atoms with E-state index in [1.807, 2.05) is 11.8 Å². The van der Waals surface area contributed by atoms with E-state index in [1.165, 1.54) is 0 Å². The van der Waals surface area contributed by atoms with E-state index in [0.717, 1.165) is 71.2 Å². The van der Waals surface area contributed by atoms with E-state index in [-0.39, 0.29) is 41.8 Å². The van der Waals surface area contributed by atoms with Gasteiger partial charge in [0.25, 0.3) is 0 Å². The number of carbonyl (C=O) groups is 2. The number of piperazine rings is 1. The second kappa shape index (κ2) is 12.4. The highest BCUT2D eigenvalue weighted by atomic mass is 127. The van der Waals surface area contributed by atoms with Crippen LogP contribution in [0.1, 0.15) is 26.7 Å². The van der Waals surface area contributed by atoms with Gasteiger partial charge in [0.05, 0.1) is 12.5 Å². The van der Waals surface area contributed by atoms with Gasteiger partial charge >= 0.3 is 5.97 Å². The van der Waals surface area contributed by atoms with Gasteiger partial charge < -0.3 is 19.9 Å². The van der Waals surface area contributed by atoms with Gasteiger partial charge in [-0.1, -0.05) is 0 Å². The maximum Gasteiger partial charge on any atom is 0.309 e. The van der Waals surface area contributed by atoms with E-state index < -0.39 is 0 Å². The van der Waals surface area contributed by atoms with E-state index >= 15 is 0 Å². The van der Waals surface area contributed by atoms with E-state index in [9.17, 15) is 9.59 Å². The van der Waals surface area contributed by atoms with Gasteiger partial charge in [0.15, 0.2) is 5.96 Å². The summed E-state index contributed by atoms with van der Waals surface area (Å²) < 4.78 is 5.12. The minimum atomic E-state index is -0.0696. The molecule has 9 heteroatoms. The molecule has 2 saturated heterocycles. The van der Waals surface area contributed by atoms with Crippen LogP contribution in [0.4, 0.5) is 0 Å². The highest BCUT2D eigenvalue weighted by molar-refractivity contribution is 14.0. The lowest BCUT2D eigenvalue weighted by Crippen LogP contribution is -2.51. The summed E-state index contributed by atoms with van der Waals surface area (Å²) in [6.45, 7) is 10.8. The molecule has 8 nitrogen and oxygen atoms in total. The molecule has 2 heterocycles. The van der Waals surface area contributed by atoms with Crippen LogP contribution in [0.5, 0.6) is 0 Å². The third-order valence-electron chi connectivity index (χ3n) is 5.15. The van der Waals surface area contributed by atoms with Gasteiger partial charge in [0.2, 0.25) is 5.91 Å². The van der Waals surface area contributed by atoms with E-state index in [0.29, 0.717) is 6.61 Å². The molecule has 2 aliphatic heterocycles. The topological polar surface area (TPSA) is 77.5 Å². The average molecular weight is 495 g/mol. The Morgan fingerprint density at radius 1 is 1.07 bits per heavy atom. The van der Waals surface area contributed by atoms with Crippen molar-refractivity contribution in [3.05, 3.63) is 0 Å². The zero-order chi connectivity index (χ0) is 18.9. The molecule has 0 aromatic carbocycles. The largest absolute Gasteiger partial charge is 0.466 e. The zero-order valence-electron chi connectivity index (χ0n) is 16.8. The van der Waals surface area contributed by atoms with Gasteiger partial charge in [-0.25, -0.2) is 0 Å². The molecule has 0 atom stereocenters. The van der Waals surface area contributed by atoms with Crippen molar-refractivity contribution in [2.75, 3.05) is 66.0 Å². The smallest absolute Gasteiger partial charge is 0.309 e. The molecule has 0 unspecified atom stereocenters. The zero-order valence-corrected chi connectivity index (χ0v) is 19.1. The van der Waals surface area contributed by atoms with Crippen LogP contribution in [-0.4, -0.2) is 98.5 Å². The highest BCUT2D eigenvalue weighted by Crippen LogP contribution is 2.18. The van der Waals surface area contributed by atoms with Crippen LogP contribution in [0.3, 0.4) is 0 Å². The number of hydrogen-bond donors (Lipinski definition) is 1. The molecule has 2 aliphatic rings. The number of halogens is 1. The Bertz CT molecular complexity index is 501. The number of esters is 1. The summed E-state index contributed by atoms with van der Waals surface area (Å²) in [6, 6.07) is 0. The van der Waals surface area contributed by atoms with Crippen LogP contribution in [0.2, 0.25) is 0 Å². The second-order valence-electron chi connectivity index (χ2n) is 6.84. The number of amides is 1. The Morgan fingerprint density at radius 2 is 1.70 bits per heavy atom. The molecule has 0 spiro atoms. The van der Waals surface area contributed by atoms with Gasteiger partial charge in [0, 0.05) is 66.3 Å². The molecule has 2 rings (SSSR count). The summed E-state index contributed by atoms with van der Waals surface area (Å²) in [4.78, 5) is 34.1. The number of nitrogens with zero attached hydrogens (tertiary/aromatic N) is 4. The van der Waals surface area contributed by atoms with Crippen molar-refractivity contribution in [2.24, 2.45) is 10.9 Å². The summed E-state index contributed by atoms with van der Waals surface area (Å²) in [6.07, 6.45) is 1.62. The molecule has 0 radical (unpaired) electrons. The molecule has 0 aromatic heterocycles. The van der Waals surface area contributed by atoms with Crippen LogP contribution in [0.25, 0.3) is 0 Å². The fourth-order valence-corrected chi connectivity index (χ4v) is 3.53. The van der Waals surface area contributed by atoms with Crippen molar-refractivity contribution in [1.82, 2.24) is 20.0 Å². The van der Waals surface area contributed by atoms with E-state index in [2.05, 4.69) is 20.1 Å². The first-order valence-electron chi connectivity index (χ1n) is 9.65. The first-order valence-corrected chi connectivity index (χ1v) is 9.65. The van der Waals surface area contributed by atoms with Crippen molar-refractivity contribution < 1.29 is 14.3 Å². The van der Waals surface area contributed by atoms with Crippen LogP contribution in [0.15, 0.2) is 4.99 Å². The lowest BCUT2D eigenvalue weighted by Gasteiger charge is -2.35. The minimum absolute atomic E-state index is 0. The molecule has 2 fully saturated rings. The highest BCUT2D eigenvalue weighted by Gasteiger charge is 2.27. The Kier molecular flexibility index (Phi) is 11.0. The van der Waals surface area contributed by atoms with Crippen molar-refractivity contribution in [3.8, 4) is 0 Å². The number of hydrogen-bond acceptors (Lipinski definition) is 5. The molecule has 1 amide bonds. The molecule has 0 saturated carbocycles. The predicted molar refractivity (Wildman–Crippen MR) is 116 cm³/mol. The Hall–Kier alpha value is -1.10. The first kappa shape index (κ1) is 23.9. The van der Waals surface area contributed by atoms with Gasteiger partial charge in [-0.3, -0.25) is 19.5 Å². The van der Waals surface area contributed by atoms with E-state index in [4.69, 9.17) is 4.74 Å². The fraction of sp³-hybridized carbons (Fsp3) is 0.833. The SMILES string of the molecule is CCOC(=O)C1CCN(C(=NC)NCCN2CCN(C(C)=O)CC2)CC1.I. The van der Waals surface area contributed by atoms with E-state index in [1.54, 1.807) is 14.0 Å². The molecule has 27 heavy (non-hydrogen) atoms. The molecular formula is C18H34IN5O3. The lowest BCUT2D eigenvalue weighted by molar-refractivity contribution is -0.149. The number of aliphatic imine (C=N–C) groups is 1. The molecule has 0 aliphatic carbocycles. The number of nitrogens with one attached hydrogen (secondary N) is 1. The molecule has 0 aromatic rings. The van der Waals surface area contributed by atoms with Crippen molar-refractivity contribution in [2.45, 2.75) is 26.7 Å². The number of likely N-dealkylation sites (tertiary alicyclic amines) is 1. The second-order valence-corrected chi connectivity index (χ2v) is 6.84. The van der Waals surface area contributed by atoms with Gasteiger partial charge in [-0.05, 0) is 19.8 Å². The maximum atomic E-state index is 11.8. The van der Waals surface area contributed by atoms with Crippen LogP contribution < -0.4 is 5.32 Å². The normalized spacial score (nSPS) is 19.4. The minimum Gasteiger partial charge on any atom is -0.466 e. The lowest BCUT2D eigenvalue weighted by atomic mass is 9.97. The number of rotatable bonds is 5. The van der Waals surface area contributed by atoms with Crippen molar-refractivity contribution >= 4 is 41.8 Å². The van der Waals surface area contributed by atoms with Crippen LogP contribution in [0, 0.1) is 5.92 Å². The summed E-state index contributed by atoms with van der Waals surface area (Å²) in [5, 5.41) is 3.43. The van der Waals surface area contributed by atoms with Crippen molar-refractivity contribution in [3.63, 3.8) is 0 Å². The summed E-state index contributed by atoms with van der Waals surface area (Å²) in [5.41, 5.74) is 0. The molecule has 1 N–H and O–H groups in total. The third-order valence-corrected chi connectivity index (χ3v) is 5.15. The third kappa shape index (κ3) is 7.44. The monoisotopic (exact) mass is 495 g/mol. The van der Waals surface area contributed by atoms with Gasteiger partial charge in [0.1, 0.15) is 0 Å². The van der Waals surface area contributed by atoms with Crippen molar-refractivity contribution in [1.29, 1.82) is 0 Å². The van der Waals surface area contributed by atoms with Crippen LogP contribution in [-0.2, 0) is 14.3 Å². The maximum absolute atomic E-state index is 11.8. The van der Waals surface area contributed by atoms with Gasteiger partial charge in [-0.2, -0.15) is 0 Å². The first-order chi connectivity index (χ1) is 12.5. The standard InChI is InChI=1S/C18H33N5O3.HI/c1-4-26-17(25)16-5-8-23(9-6-16)18(19-3)20-7-10-21-11-13-22(14-12-21)15(2)24;/h16H,4-14H2,1-3H3,(H,19,20);1H. The summed E-state index contributed by atoms with van der Waals surface area (Å²) in [7, 11) is 1.80. The average Bonchev–Trinajstić information content (AvgIpc) is 2.66. The number of carbonyl (C=O) groups excluding carboxylic acids is 2. The summed E-state index contributed by atoms with van der Waals surface area (Å²) in [5.74, 6) is 1.01. The fourth-order valence-electron chi connectivity index (χ4n) is 3.53. The number of piperidine rings is 1. The van der Waals surface area contributed by atoms with Crippen LogP contribution >= 0.6 is 24.0 Å². The summed E-state index contributed by atoms with van der Waals surface area (Å²) >= 11 is 0. The molecular weight excluding hydrogens is 461 g/mol. The molecule has 0 bridgehead atoms. The Morgan fingerprint density at radius 3 is 2.22 bits per heavy atom. The quantitative estimate of drug-likeness (QED) is 0.261. The number of ether oxygens (including phenoxy) is 1. The number of guanidine groups is 1.